The number of ether oxygens (including phenoxy) is 1. The van der Waals surface area contributed by atoms with Crippen molar-refractivity contribution in [1.82, 2.24) is 19.4 Å². The second-order valence-corrected chi connectivity index (χ2v) is 8.08. The van der Waals surface area contributed by atoms with Crippen LogP contribution in [0.3, 0.4) is 0 Å². The lowest BCUT2D eigenvalue weighted by Crippen LogP contribution is -2.28. The third-order valence-corrected chi connectivity index (χ3v) is 5.76. The summed E-state index contributed by atoms with van der Waals surface area (Å²) in [6.45, 7) is 6.05. The van der Waals surface area contributed by atoms with Gasteiger partial charge < -0.3 is 9.30 Å². The Hall–Kier alpha value is -3.51. The minimum absolute atomic E-state index is 0.0271. The largest absolute Gasteiger partial charge is 0.494 e. The van der Waals surface area contributed by atoms with Gasteiger partial charge in [-0.3, -0.25) is 19.7 Å². The summed E-state index contributed by atoms with van der Waals surface area (Å²) in [5.74, 6) is 0.833. The number of hydrogen-bond donors (Lipinski definition) is 0. The smallest absolute Gasteiger partial charge is 0.250 e. The standard InChI is InChI=1S/C27H30N4O2/c1-2-31-26-8-7-25(19-24(26)6-9-27(31)32)33-18-4-16-30(21-23-10-14-28-15-11-23)17-12-22-5-3-13-29-20-22/h3,5-11,13-15,19-20H,2,4,12,16-18,21H2,1H3. The summed E-state index contributed by atoms with van der Waals surface area (Å²) in [7, 11) is 0. The maximum Gasteiger partial charge on any atom is 0.250 e. The molecule has 1 aromatic carbocycles. The molecule has 6 heteroatoms. The SMILES string of the molecule is CCn1c(=O)ccc2cc(OCCCN(CCc3cccnc3)Cc3ccncc3)ccc21. The summed E-state index contributed by atoms with van der Waals surface area (Å²) in [6, 6.07) is 17.7. The van der Waals surface area contributed by atoms with Crippen molar-refractivity contribution in [2.45, 2.75) is 32.9 Å². The average Bonchev–Trinajstić information content (AvgIpc) is 2.86. The quantitative estimate of drug-likeness (QED) is 0.324. The Bertz CT molecular complexity index is 1210. The summed E-state index contributed by atoms with van der Waals surface area (Å²) < 4.78 is 7.82. The lowest BCUT2D eigenvalue weighted by molar-refractivity contribution is 0.230. The predicted molar refractivity (Wildman–Crippen MR) is 131 cm³/mol. The second-order valence-electron chi connectivity index (χ2n) is 8.08. The van der Waals surface area contributed by atoms with Gasteiger partial charge in [-0.2, -0.15) is 0 Å². The molecule has 0 spiro atoms. The molecule has 0 aliphatic carbocycles. The fraction of sp³-hybridized carbons (Fsp3) is 0.296. The topological polar surface area (TPSA) is 60.2 Å². The van der Waals surface area contributed by atoms with Crippen molar-refractivity contribution in [2.24, 2.45) is 0 Å². The van der Waals surface area contributed by atoms with E-state index in [9.17, 15) is 4.79 Å². The molecule has 33 heavy (non-hydrogen) atoms. The number of benzene rings is 1. The van der Waals surface area contributed by atoms with Crippen LogP contribution in [0, 0.1) is 0 Å². The molecule has 0 aliphatic heterocycles. The number of aromatic nitrogens is 3. The van der Waals surface area contributed by atoms with E-state index >= 15 is 0 Å². The minimum atomic E-state index is 0.0271. The van der Waals surface area contributed by atoms with Gasteiger partial charge in [-0.1, -0.05) is 6.07 Å². The van der Waals surface area contributed by atoms with Crippen LogP contribution >= 0.6 is 0 Å². The number of fused-ring (bicyclic) bond motifs is 1. The monoisotopic (exact) mass is 442 g/mol. The average molecular weight is 443 g/mol. The van der Waals surface area contributed by atoms with E-state index in [-0.39, 0.29) is 5.56 Å². The first kappa shape index (κ1) is 22.7. The zero-order valence-electron chi connectivity index (χ0n) is 19.1. The highest BCUT2D eigenvalue weighted by molar-refractivity contribution is 5.80. The zero-order chi connectivity index (χ0) is 22.9. The maximum atomic E-state index is 12.0. The Balaban J connectivity index is 1.34. The molecule has 0 atom stereocenters. The molecule has 0 saturated carbocycles. The van der Waals surface area contributed by atoms with Crippen molar-refractivity contribution >= 4 is 10.9 Å². The van der Waals surface area contributed by atoms with Crippen LogP contribution in [-0.4, -0.2) is 39.1 Å². The molecule has 4 rings (SSSR count). The van der Waals surface area contributed by atoms with Gasteiger partial charge >= 0.3 is 0 Å². The third-order valence-electron chi connectivity index (χ3n) is 5.76. The van der Waals surface area contributed by atoms with Crippen molar-refractivity contribution < 1.29 is 4.74 Å². The Kier molecular flexibility index (Phi) is 7.82. The zero-order valence-corrected chi connectivity index (χ0v) is 19.1. The highest BCUT2D eigenvalue weighted by Crippen LogP contribution is 2.20. The second kappa shape index (κ2) is 11.4. The number of nitrogens with zero attached hydrogens (tertiary/aromatic N) is 4. The molecule has 170 valence electrons. The van der Waals surface area contributed by atoms with Crippen molar-refractivity contribution in [3.63, 3.8) is 0 Å². The summed E-state index contributed by atoms with van der Waals surface area (Å²) in [4.78, 5) is 22.8. The lowest BCUT2D eigenvalue weighted by atomic mass is 10.2. The van der Waals surface area contributed by atoms with E-state index in [1.807, 2.05) is 62.0 Å². The van der Waals surface area contributed by atoms with E-state index in [0.29, 0.717) is 13.2 Å². The van der Waals surface area contributed by atoms with Gasteiger partial charge in [0.25, 0.3) is 5.56 Å². The van der Waals surface area contributed by atoms with Gasteiger partial charge in [0.15, 0.2) is 0 Å². The van der Waals surface area contributed by atoms with Crippen LogP contribution in [0.2, 0.25) is 0 Å². The Morgan fingerprint density at radius 3 is 2.61 bits per heavy atom. The molecule has 0 aliphatic rings. The molecular formula is C27H30N4O2. The molecule has 4 aromatic rings. The van der Waals surface area contributed by atoms with Gasteiger partial charge in [0.2, 0.25) is 0 Å². The van der Waals surface area contributed by atoms with Crippen molar-refractivity contribution in [2.75, 3.05) is 19.7 Å². The summed E-state index contributed by atoms with van der Waals surface area (Å²) >= 11 is 0. The Morgan fingerprint density at radius 1 is 0.939 bits per heavy atom. The number of pyridine rings is 3. The molecule has 0 bridgehead atoms. The predicted octanol–water partition coefficient (Wildman–Crippen LogP) is 4.33. The third kappa shape index (κ3) is 6.26. The van der Waals surface area contributed by atoms with Gasteiger partial charge in [0.1, 0.15) is 5.75 Å². The molecule has 3 heterocycles. The number of aryl methyl sites for hydroxylation is 1. The molecule has 0 fully saturated rings. The molecule has 0 unspecified atom stereocenters. The van der Waals surface area contributed by atoms with Crippen LogP contribution in [0.1, 0.15) is 24.5 Å². The van der Waals surface area contributed by atoms with E-state index in [1.165, 1.54) is 11.1 Å². The van der Waals surface area contributed by atoms with E-state index in [0.717, 1.165) is 49.1 Å². The Morgan fingerprint density at radius 2 is 1.82 bits per heavy atom. The van der Waals surface area contributed by atoms with Crippen LogP contribution in [0.5, 0.6) is 5.75 Å². The first-order valence-corrected chi connectivity index (χ1v) is 11.5. The molecule has 0 radical (unpaired) electrons. The van der Waals surface area contributed by atoms with Crippen molar-refractivity contribution in [3.8, 4) is 5.75 Å². The van der Waals surface area contributed by atoms with Crippen LogP contribution in [0.4, 0.5) is 0 Å². The van der Waals surface area contributed by atoms with Crippen LogP contribution in [0.25, 0.3) is 10.9 Å². The summed E-state index contributed by atoms with van der Waals surface area (Å²) in [6.07, 6.45) is 9.31. The molecule has 6 nitrogen and oxygen atoms in total. The molecule has 0 N–H and O–H groups in total. The van der Waals surface area contributed by atoms with E-state index < -0.39 is 0 Å². The van der Waals surface area contributed by atoms with Gasteiger partial charge in [-0.25, -0.2) is 0 Å². The van der Waals surface area contributed by atoms with Gasteiger partial charge in [0.05, 0.1) is 12.1 Å². The van der Waals surface area contributed by atoms with Gasteiger partial charge in [-0.05, 0) is 73.4 Å². The molecular weight excluding hydrogens is 412 g/mol. The van der Waals surface area contributed by atoms with E-state index in [2.05, 4.69) is 33.1 Å². The number of rotatable bonds is 11. The van der Waals surface area contributed by atoms with Crippen LogP contribution < -0.4 is 10.3 Å². The normalized spacial score (nSPS) is 11.2. The van der Waals surface area contributed by atoms with E-state index in [4.69, 9.17) is 4.74 Å². The van der Waals surface area contributed by atoms with Gasteiger partial charge in [0, 0.05) is 62.4 Å². The fourth-order valence-electron chi connectivity index (χ4n) is 4.03. The number of hydrogen-bond acceptors (Lipinski definition) is 5. The highest BCUT2D eigenvalue weighted by Gasteiger charge is 2.08. The molecule has 0 saturated heterocycles. The highest BCUT2D eigenvalue weighted by atomic mass is 16.5. The van der Waals surface area contributed by atoms with Gasteiger partial charge in [-0.15, -0.1) is 0 Å². The first-order valence-electron chi connectivity index (χ1n) is 11.5. The summed E-state index contributed by atoms with van der Waals surface area (Å²) in [5, 5.41) is 1.02. The van der Waals surface area contributed by atoms with Crippen molar-refractivity contribution in [3.05, 3.63) is 101 Å². The minimum Gasteiger partial charge on any atom is -0.494 e. The summed E-state index contributed by atoms with van der Waals surface area (Å²) in [5.41, 5.74) is 3.47. The Labute approximate surface area is 194 Å². The lowest BCUT2D eigenvalue weighted by Gasteiger charge is -2.22. The van der Waals surface area contributed by atoms with E-state index in [1.54, 1.807) is 10.6 Å². The molecule has 0 amide bonds. The fourth-order valence-corrected chi connectivity index (χ4v) is 4.03. The van der Waals surface area contributed by atoms with Crippen LogP contribution in [-0.2, 0) is 19.5 Å². The molecule has 3 aromatic heterocycles. The van der Waals surface area contributed by atoms with Crippen LogP contribution in [0.15, 0.2) is 84.2 Å². The maximum absolute atomic E-state index is 12.0. The van der Waals surface area contributed by atoms with Crippen molar-refractivity contribution in [1.29, 1.82) is 0 Å². The first-order chi connectivity index (χ1) is 16.2.